The van der Waals surface area contributed by atoms with E-state index in [4.69, 9.17) is 28.9 Å². The molecular formula is C44H40Cl2N6O3S4. The number of nitrogens with zero attached hydrogens (tertiary/aromatic N) is 4. The zero-order chi connectivity index (χ0) is 41.1. The summed E-state index contributed by atoms with van der Waals surface area (Å²) in [4.78, 5) is 51.0. The Kier molecular flexibility index (Phi) is 14.8. The predicted molar refractivity (Wildman–Crippen MR) is 250 cm³/mol. The quantitative estimate of drug-likeness (QED) is 0.0879. The van der Waals surface area contributed by atoms with Gasteiger partial charge in [0.1, 0.15) is 0 Å². The summed E-state index contributed by atoms with van der Waals surface area (Å²) in [5.74, 6) is 0.861. The number of hydrogen-bond acceptors (Lipinski definition) is 10. The highest BCUT2D eigenvalue weighted by molar-refractivity contribution is 8.02. The Morgan fingerprint density at radius 2 is 1.15 bits per heavy atom. The van der Waals surface area contributed by atoms with Crippen molar-refractivity contribution < 1.29 is 14.4 Å². The van der Waals surface area contributed by atoms with Crippen molar-refractivity contribution in [3.05, 3.63) is 132 Å². The Morgan fingerprint density at radius 3 is 1.71 bits per heavy atom. The van der Waals surface area contributed by atoms with E-state index in [1.54, 1.807) is 34.8 Å². The maximum atomic E-state index is 12.9. The first-order valence-corrected chi connectivity index (χ1v) is 23.5. The summed E-state index contributed by atoms with van der Waals surface area (Å²) in [7, 11) is 0. The molecule has 2 aliphatic heterocycles. The van der Waals surface area contributed by atoms with Crippen molar-refractivity contribution in [2.24, 2.45) is 0 Å². The molecule has 0 radical (unpaired) electrons. The number of halogens is 2. The molecule has 9 rings (SSSR count). The fourth-order valence-corrected chi connectivity index (χ4v) is 10.7. The summed E-state index contributed by atoms with van der Waals surface area (Å²) >= 11 is 15.7. The summed E-state index contributed by atoms with van der Waals surface area (Å²) in [6.07, 6.45) is 4.08. The van der Waals surface area contributed by atoms with Crippen LogP contribution in [0.4, 0.5) is 22.7 Å². The van der Waals surface area contributed by atoms with Gasteiger partial charge in [-0.05, 0) is 97.5 Å². The molecule has 5 aromatic carbocycles. The van der Waals surface area contributed by atoms with Gasteiger partial charge in [-0.15, -0.1) is 45.9 Å². The van der Waals surface area contributed by atoms with Gasteiger partial charge in [0, 0.05) is 41.4 Å². The van der Waals surface area contributed by atoms with E-state index in [9.17, 15) is 14.4 Å². The van der Waals surface area contributed by atoms with E-state index in [-0.39, 0.29) is 23.1 Å². The van der Waals surface area contributed by atoms with Crippen molar-refractivity contribution in [3.63, 3.8) is 0 Å². The predicted octanol–water partition coefficient (Wildman–Crippen LogP) is 11.0. The molecule has 0 aliphatic carbocycles. The number of thioether (sulfide) groups is 2. The van der Waals surface area contributed by atoms with Crippen molar-refractivity contribution in [2.45, 2.75) is 34.4 Å². The highest BCUT2D eigenvalue weighted by Gasteiger charge is 2.24. The minimum Gasteiger partial charge on any atom is -0.399 e. The number of fused-ring (bicyclic) bond motifs is 4. The van der Waals surface area contributed by atoms with E-state index in [2.05, 4.69) is 27.4 Å². The van der Waals surface area contributed by atoms with Crippen LogP contribution in [-0.4, -0.2) is 57.6 Å². The molecule has 2 aromatic heterocycles. The molecular weight excluding hydrogens is 860 g/mol. The maximum absolute atomic E-state index is 12.9. The highest BCUT2D eigenvalue weighted by Crippen LogP contribution is 2.34. The number of nitrogen functional groups attached to an aromatic ring is 1. The molecule has 0 atom stereocenters. The Balaban J connectivity index is 0.000000174. The average molecular weight is 900 g/mol. The molecule has 0 bridgehead atoms. The van der Waals surface area contributed by atoms with Crippen LogP contribution in [0, 0.1) is 0 Å². The summed E-state index contributed by atoms with van der Waals surface area (Å²) < 4.78 is 3.89. The second kappa shape index (κ2) is 20.6. The largest absolute Gasteiger partial charge is 0.399 e. The number of anilines is 4. The number of thiazole rings is 2. The molecule has 15 heteroatoms. The zero-order valence-electron chi connectivity index (χ0n) is 31.8. The van der Waals surface area contributed by atoms with Gasteiger partial charge in [0.05, 0.1) is 37.3 Å². The molecule has 2 aliphatic rings. The van der Waals surface area contributed by atoms with Crippen LogP contribution in [0.1, 0.15) is 34.3 Å². The van der Waals surface area contributed by atoms with Gasteiger partial charge in [-0.1, -0.05) is 78.1 Å². The number of rotatable bonds is 8. The smallest absolute Gasteiger partial charge is 0.255 e. The second-order valence-electron chi connectivity index (χ2n) is 13.4. The third-order valence-corrected chi connectivity index (χ3v) is 13.8. The molecule has 0 fully saturated rings. The van der Waals surface area contributed by atoms with Crippen molar-refractivity contribution in [1.29, 1.82) is 0 Å². The van der Waals surface area contributed by atoms with Crippen LogP contribution in [0.25, 0.3) is 20.4 Å². The second-order valence-corrected chi connectivity index (χ2v) is 18.7. The van der Waals surface area contributed by atoms with Crippen LogP contribution in [-0.2, 0) is 22.4 Å². The fraction of sp³-hybridized carbons (Fsp3) is 0.205. The number of aromatic nitrogens is 2. The normalized spacial score (nSPS) is 13.1. The summed E-state index contributed by atoms with van der Waals surface area (Å²) in [5, 5.41) is 3.11. The number of hydrogen-bond donors (Lipinski definition) is 2. The first-order valence-electron chi connectivity index (χ1n) is 18.9. The number of nitrogens with one attached hydrogen (secondary N) is 1. The molecule has 4 heterocycles. The minimum absolute atomic E-state index is 0.109. The topological polar surface area (TPSA) is 122 Å². The number of carbonyl (C=O) groups is 3. The summed E-state index contributed by atoms with van der Waals surface area (Å²) in [6, 6.07) is 36.9. The number of para-hydroxylation sites is 2. The molecule has 3 N–H and O–H groups in total. The van der Waals surface area contributed by atoms with Crippen LogP contribution in [0.3, 0.4) is 0 Å². The lowest BCUT2D eigenvalue weighted by Crippen LogP contribution is -2.36. The Hall–Kier alpha value is -4.63. The van der Waals surface area contributed by atoms with E-state index in [0.717, 1.165) is 79.3 Å². The van der Waals surface area contributed by atoms with Gasteiger partial charge in [-0.25, -0.2) is 9.97 Å². The number of amides is 3. The van der Waals surface area contributed by atoms with Gasteiger partial charge in [0.25, 0.3) is 5.91 Å². The number of aryl methyl sites for hydroxylation is 2. The average Bonchev–Trinajstić information content (AvgIpc) is 3.88. The lowest BCUT2D eigenvalue weighted by atomic mass is 10.0. The SMILES string of the molecule is ClCCl.Nc1ccc2sc(SCC(=O)N3CCCc4ccccc43)nc2c1.O=C(Nc1ccc2sc(SCC(=O)N3CCCc4ccccc43)nc2c1)c1ccccc1. The van der Waals surface area contributed by atoms with Crippen molar-refractivity contribution in [2.75, 3.05) is 50.8 Å². The Bertz CT molecular complexity index is 2570. The molecule has 9 nitrogen and oxygen atoms in total. The van der Waals surface area contributed by atoms with Crippen LogP contribution >= 0.6 is 69.4 Å². The summed E-state index contributed by atoms with van der Waals surface area (Å²) in [6.45, 7) is 1.56. The zero-order valence-corrected chi connectivity index (χ0v) is 36.6. The Morgan fingerprint density at radius 1 is 0.661 bits per heavy atom. The first-order chi connectivity index (χ1) is 28.8. The van der Waals surface area contributed by atoms with E-state index >= 15 is 0 Å². The molecule has 0 unspecified atom stereocenters. The van der Waals surface area contributed by atoms with Gasteiger partial charge in [0.15, 0.2) is 8.68 Å². The minimum atomic E-state index is -0.151. The number of alkyl halides is 2. The van der Waals surface area contributed by atoms with Crippen LogP contribution in [0.2, 0.25) is 0 Å². The highest BCUT2D eigenvalue weighted by atomic mass is 35.5. The van der Waals surface area contributed by atoms with Gasteiger partial charge >= 0.3 is 0 Å². The fourth-order valence-electron chi connectivity index (χ4n) is 6.81. The maximum Gasteiger partial charge on any atom is 0.255 e. The van der Waals surface area contributed by atoms with Crippen molar-refractivity contribution in [3.8, 4) is 0 Å². The number of benzene rings is 5. The summed E-state index contributed by atoms with van der Waals surface area (Å²) in [5.41, 5.74) is 14.1. The lowest BCUT2D eigenvalue weighted by molar-refractivity contribution is -0.117. The molecule has 3 amide bonds. The van der Waals surface area contributed by atoms with Crippen LogP contribution in [0.15, 0.2) is 124 Å². The van der Waals surface area contributed by atoms with E-state index < -0.39 is 0 Å². The van der Waals surface area contributed by atoms with Crippen LogP contribution < -0.4 is 20.9 Å². The van der Waals surface area contributed by atoms with Gasteiger partial charge < -0.3 is 20.9 Å². The molecule has 302 valence electrons. The molecule has 0 saturated carbocycles. The first kappa shape index (κ1) is 42.5. The van der Waals surface area contributed by atoms with Gasteiger partial charge in [-0.2, -0.15) is 0 Å². The third kappa shape index (κ3) is 11.0. The van der Waals surface area contributed by atoms with Gasteiger partial charge in [0.2, 0.25) is 11.8 Å². The standard InChI is InChI=1S/C25H21N3O2S2.C18H17N3OS2.CH2Cl2/c29-23(28-14-6-10-17-7-4-5-11-21(17)28)16-31-25-27-20-15-19(12-13-22(20)32-25)26-24(30)18-8-2-1-3-9-18;19-13-7-8-16-14(10-13)20-18(24-16)23-11-17(22)21-9-3-5-12-4-1-2-6-15(12)21;2-1-3/h1-5,7-9,11-13,15H,6,10,14,16H2,(H,26,30);1-2,4,6-8,10H,3,5,9,11,19H2;1H2. The van der Waals surface area contributed by atoms with Gasteiger partial charge in [-0.3, -0.25) is 14.4 Å². The number of nitrogens with two attached hydrogens (primary N) is 1. The van der Waals surface area contributed by atoms with Crippen molar-refractivity contribution >= 4 is 130 Å². The van der Waals surface area contributed by atoms with Crippen molar-refractivity contribution in [1.82, 2.24) is 9.97 Å². The van der Waals surface area contributed by atoms with E-state index in [0.29, 0.717) is 28.4 Å². The molecule has 59 heavy (non-hydrogen) atoms. The third-order valence-electron chi connectivity index (χ3n) is 9.51. The lowest BCUT2D eigenvalue weighted by Gasteiger charge is -2.29. The van der Waals surface area contributed by atoms with E-state index in [1.807, 2.05) is 101 Å². The van der Waals surface area contributed by atoms with Crippen LogP contribution in [0.5, 0.6) is 0 Å². The molecule has 0 saturated heterocycles. The molecule has 7 aromatic rings. The van der Waals surface area contributed by atoms with E-state index in [1.165, 1.54) is 34.7 Å². The number of carbonyl (C=O) groups excluding carboxylic acids is 3. The monoisotopic (exact) mass is 898 g/mol. The molecule has 0 spiro atoms. The Labute approximate surface area is 369 Å².